The largest absolute Gasteiger partial charge is 0.472 e. The summed E-state index contributed by atoms with van der Waals surface area (Å²) in [5.41, 5.74) is 4.46. The molecule has 17 heteroatoms. The van der Waals surface area contributed by atoms with Crippen molar-refractivity contribution in [2.24, 2.45) is 0 Å². The average molecular weight is 824 g/mol. The number of phosphoric acid groups is 1. The number of fused-ring (bicyclic) bond motifs is 1. The summed E-state index contributed by atoms with van der Waals surface area (Å²) in [6.45, 7) is 1.26. The van der Waals surface area contributed by atoms with E-state index in [0.717, 1.165) is 37.7 Å². The van der Waals surface area contributed by atoms with Crippen LogP contribution in [0.2, 0.25) is 0 Å². The summed E-state index contributed by atoms with van der Waals surface area (Å²) in [6.07, 6.45) is 15.3. The van der Waals surface area contributed by atoms with E-state index in [1.807, 2.05) is 6.07 Å². The van der Waals surface area contributed by atoms with Crippen molar-refractivity contribution in [2.45, 2.75) is 146 Å². The summed E-state index contributed by atoms with van der Waals surface area (Å²) < 4.78 is 69.2. The zero-order chi connectivity index (χ0) is 41.1. The summed E-state index contributed by atoms with van der Waals surface area (Å²) >= 11 is 0. The van der Waals surface area contributed by atoms with Crippen molar-refractivity contribution >= 4 is 19.2 Å². The molecule has 0 radical (unpaired) electrons. The first kappa shape index (κ1) is 46.6. The van der Waals surface area contributed by atoms with Crippen LogP contribution in [0.1, 0.15) is 121 Å². The van der Waals surface area contributed by atoms with Crippen LogP contribution in [-0.4, -0.2) is 80.5 Å². The fourth-order valence-electron chi connectivity index (χ4n) is 6.89. The highest BCUT2D eigenvalue weighted by atomic mass is 31.2. The molecular formula is C40H60F2N5O9P. The normalized spacial score (nSPS) is 21.2. The lowest BCUT2D eigenvalue weighted by atomic mass is 9.92. The van der Waals surface area contributed by atoms with Crippen molar-refractivity contribution in [1.82, 2.24) is 14.6 Å². The van der Waals surface area contributed by atoms with Crippen LogP contribution in [0.5, 0.6) is 0 Å². The molecule has 0 saturated carbocycles. The lowest BCUT2D eigenvalue weighted by Crippen LogP contribution is -2.41. The highest BCUT2D eigenvalue weighted by Gasteiger charge is 2.58. The van der Waals surface area contributed by atoms with Gasteiger partial charge in [-0.15, -0.1) is 0 Å². The zero-order valence-corrected chi connectivity index (χ0v) is 33.9. The van der Waals surface area contributed by atoms with Crippen molar-refractivity contribution in [3.8, 4) is 6.07 Å². The summed E-state index contributed by atoms with van der Waals surface area (Å²) in [5, 5.41) is 35.9. The van der Waals surface area contributed by atoms with Gasteiger partial charge < -0.3 is 35.1 Å². The third-order valence-electron chi connectivity index (χ3n) is 10.2. The predicted octanol–water partition coefficient (Wildman–Crippen LogP) is 7.43. The molecule has 0 amide bonds. The first-order valence-electron chi connectivity index (χ1n) is 20.3. The minimum Gasteiger partial charge on any atom is -0.387 e. The SMILES string of the molecule is CCCCCCCCCCCCCCCCCCOC[C@H](COP(=O)(O)OC[C@H]1O[C@@](C#N)(c2ccc3c(N)ncnn23)[C@H](O)[C@@H]1O)OCc1ccc(F)c(F)c1. The van der Waals surface area contributed by atoms with Gasteiger partial charge in [-0.2, -0.15) is 10.4 Å². The van der Waals surface area contributed by atoms with Gasteiger partial charge in [0.1, 0.15) is 42.3 Å². The number of hydrogen-bond donors (Lipinski definition) is 4. The molecule has 1 unspecified atom stereocenters. The van der Waals surface area contributed by atoms with Gasteiger partial charge in [0.2, 0.25) is 5.60 Å². The number of benzene rings is 1. The second-order valence-corrected chi connectivity index (χ2v) is 16.2. The van der Waals surface area contributed by atoms with Gasteiger partial charge in [-0.1, -0.05) is 109 Å². The van der Waals surface area contributed by atoms with Crippen LogP contribution in [0, 0.1) is 23.0 Å². The molecule has 3 aromatic rings. The first-order valence-corrected chi connectivity index (χ1v) is 21.8. The van der Waals surface area contributed by atoms with Gasteiger partial charge in [0.15, 0.2) is 17.5 Å². The number of nitrogen functional groups attached to an aromatic ring is 1. The number of ether oxygens (including phenoxy) is 3. The Morgan fingerprint density at radius 2 is 1.56 bits per heavy atom. The Bertz CT molecular complexity index is 1730. The Morgan fingerprint density at radius 3 is 2.18 bits per heavy atom. The third kappa shape index (κ3) is 14.3. The lowest BCUT2D eigenvalue weighted by molar-refractivity contribution is -0.0690. The fraction of sp³-hybridized carbons (Fsp3) is 0.675. The Kier molecular flexibility index (Phi) is 19.7. The van der Waals surface area contributed by atoms with Crippen molar-refractivity contribution < 1.29 is 51.7 Å². The minimum atomic E-state index is -4.83. The molecule has 1 aliphatic rings. The van der Waals surface area contributed by atoms with Gasteiger partial charge in [0.05, 0.1) is 32.1 Å². The van der Waals surface area contributed by atoms with Gasteiger partial charge in [0.25, 0.3) is 0 Å². The number of aliphatic hydroxyl groups is 2. The number of aliphatic hydroxyl groups excluding tert-OH is 2. The van der Waals surface area contributed by atoms with E-state index in [-0.39, 0.29) is 24.7 Å². The molecule has 1 fully saturated rings. The molecule has 1 aliphatic heterocycles. The maximum atomic E-state index is 13.8. The topological polar surface area (TPSA) is 204 Å². The van der Waals surface area contributed by atoms with E-state index in [0.29, 0.717) is 17.7 Å². The van der Waals surface area contributed by atoms with Crippen LogP contribution < -0.4 is 5.73 Å². The standard InChI is InChI=1S/C40H60F2N5O9P/c1-2-3-4-5-6-7-8-9-10-11-12-13-14-15-16-17-22-52-25-31(53-24-30-18-19-32(41)33(42)23-30)26-54-57(50,51)55-27-35-37(48)38(49)40(28-43,56-35)36-21-20-34-39(44)45-29-46-47(34)36/h18-21,23,29,31,35,37-38,48-49H,2-17,22,24-27H2,1H3,(H,50,51)(H2,44,45,46)/t31-,35-,37-,38-,40+/m1/s1. The van der Waals surface area contributed by atoms with Crippen LogP contribution in [0.15, 0.2) is 36.7 Å². The summed E-state index contributed by atoms with van der Waals surface area (Å²) in [6, 6.07) is 8.16. The Balaban J connectivity index is 1.18. The van der Waals surface area contributed by atoms with Crippen molar-refractivity contribution in [3.63, 3.8) is 0 Å². The van der Waals surface area contributed by atoms with Crippen molar-refractivity contribution in [2.75, 3.05) is 32.2 Å². The average Bonchev–Trinajstić information content (AvgIpc) is 3.75. The predicted molar refractivity (Wildman–Crippen MR) is 209 cm³/mol. The highest BCUT2D eigenvalue weighted by Crippen LogP contribution is 2.46. The van der Waals surface area contributed by atoms with Gasteiger partial charge in [-0.3, -0.25) is 9.05 Å². The van der Waals surface area contributed by atoms with Crippen molar-refractivity contribution in [3.05, 3.63) is 59.6 Å². The minimum absolute atomic E-state index is 0.0247. The van der Waals surface area contributed by atoms with Crippen LogP contribution in [0.3, 0.4) is 0 Å². The van der Waals surface area contributed by atoms with E-state index in [4.69, 9.17) is 29.0 Å². The number of rotatable bonds is 29. The lowest BCUT2D eigenvalue weighted by Gasteiger charge is -2.24. The molecule has 0 aliphatic carbocycles. The quantitative estimate of drug-likeness (QED) is 0.0398. The van der Waals surface area contributed by atoms with Crippen LogP contribution in [0.25, 0.3) is 5.52 Å². The molecule has 1 aromatic carbocycles. The number of anilines is 1. The molecule has 1 saturated heterocycles. The van der Waals surface area contributed by atoms with E-state index in [1.54, 1.807) is 0 Å². The maximum Gasteiger partial charge on any atom is 0.472 e. The van der Waals surface area contributed by atoms with E-state index >= 15 is 0 Å². The Hall–Kier alpha value is -3.10. The molecule has 2 aromatic heterocycles. The molecule has 14 nitrogen and oxygen atoms in total. The van der Waals surface area contributed by atoms with E-state index in [9.17, 15) is 33.7 Å². The van der Waals surface area contributed by atoms with Gasteiger partial charge >= 0.3 is 7.82 Å². The van der Waals surface area contributed by atoms with Gasteiger partial charge in [0, 0.05) is 6.61 Å². The first-order chi connectivity index (χ1) is 27.5. The molecule has 318 valence electrons. The number of nitriles is 1. The second-order valence-electron chi connectivity index (χ2n) is 14.7. The second kappa shape index (κ2) is 24.1. The van der Waals surface area contributed by atoms with Crippen LogP contribution in [-0.2, 0) is 40.0 Å². The monoisotopic (exact) mass is 823 g/mol. The van der Waals surface area contributed by atoms with Gasteiger partial charge in [-0.25, -0.2) is 22.8 Å². The van der Waals surface area contributed by atoms with Crippen LogP contribution >= 0.6 is 7.82 Å². The van der Waals surface area contributed by atoms with E-state index < -0.39 is 62.7 Å². The number of phosphoric ester groups is 1. The number of nitrogens with zero attached hydrogens (tertiary/aromatic N) is 4. The third-order valence-corrected chi connectivity index (χ3v) is 11.2. The number of nitrogens with two attached hydrogens (primary N) is 1. The number of halogens is 2. The Labute approximate surface area is 334 Å². The summed E-state index contributed by atoms with van der Waals surface area (Å²) in [5.74, 6) is -1.94. The molecule has 3 heterocycles. The smallest absolute Gasteiger partial charge is 0.387 e. The molecule has 6 atom stereocenters. The number of aromatic nitrogens is 3. The van der Waals surface area contributed by atoms with Gasteiger partial charge in [-0.05, 0) is 36.2 Å². The molecule has 0 bridgehead atoms. The van der Waals surface area contributed by atoms with Crippen LogP contribution in [0.4, 0.5) is 14.6 Å². The molecule has 57 heavy (non-hydrogen) atoms. The Morgan fingerprint density at radius 1 is 0.930 bits per heavy atom. The maximum absolute atomic E-state index is 13.8. The van der Waals surface area contributed by atoms with Crippen molar-refractivity contribution in [1.29, 1.82) is 5.26 Å². The number of hydrogen-bond acceptors (Lipinski definition) is 12. The molecule has 5 N–H and O–H groups in total. The highest BCUT2D eigenvalue weighted by molar-refractivity contribution is 7.47. The molecular weight excluding hydrogens is 763 g/mol. The zero-order valence-electron chi connectivity index (χ0n) is 33.0. The van der Waals surface area contributed by atoms with E-state index in [1.165, 1.54) is 106 Å². The summed E-state index contributed by atoms with van der Waals surface area (Å²) in [7, 11) is -4.83. The molecule has 0 spiro atoms. The molecule has 4 rings (SSSR count). The summed E-state index contributed by atoms with van der Waals surface area (Å²) in [4.78, 5) is 14.4. The number of unbranched alkanes of at least 4 members (excludes halogenated alkanes) is 15. The van der Waals surface area contributed by atoms with E-state index in [2.05, 4.69) is 17.0 Å². The fourth-order valence-corrected chi connectivity index (χ4v) is 7.65.